The van der Waals surface area contributed by atoms with Crippen molar-refractivity contribution in [2.45, 2.75) is 31.6 Å². The van der Waals surface area contributed by atoms with Crippen molar-refractivity contribution in [2.75, 3.05) is 25.0 Å². The minimum Gasteiger partial charge on any atom is -0.342 e. The number of likely N-dealkylation sites (tertiary alicyclic amines) is 1. The molecule has 1 aromatic heterocycles. The molecule has 2 aliphatic rings. The van der Waals surface area contributed by atoms with E-state index in [9.17, 15) is 9.59 Å². The summed E-state index contributed by atoms with van der Waals surface area (Å²) in [6.45, 7) is 1.36. The highest BCUT2D eigenvalue weighted by molar-refractivity contribution is 6.05. The Balaban J connectivity index is 1.38. The third kappa shape index (κ3) is 3.47. The number of carbonyl (C=O) groups is 2. The van der Waals surface area contributed by atoms with Crippen LogP contribution in [-0.2, 0) is 4.79 Å². The van der Waals surface area contributed by atoms with E-state index >= 15 is 0 Å². The number of benzene rings is 2. The molecule has 1 aliphatic carbocycles. The molecule has 3 aromatic rings. The van der Waals surface area contributed by atoms with Crippen molar-refractivity contribution in [3.8, 4) is 0 Å². The summed E-state index contributed by atoms with van der Waals surface area (Å²) < 4.78 is 0. The summed E-state index contributed by atoms with van der Waals surface area (Å²) in [7, 11) is 1.78. The minimum atomic E-state index is -0.0122. The van der Waals surface area contributed by atoms with E-state index in [1.54, 1.807) is 11.9 Å². The Bertz CT molecular complexity index is 1070. The highest BCUT2D eigenvalue weighted by Gasteiger charge is 2.34. The summed E-state index contributed by atoms with van der Waals surface area (Å²) in [4.78, 5) is 37.8. The highest BCUT2D eigenvalue weighted by Crippen LogP contribution is 2.34. The zero-order chi connectivity index (χ0) is 20.7. The molecule has 1 N–H and O–H groups in total. The molecule has 6 heteroatoms. The molecule has 2 aromatic carbocycles. The van der Waals surface area contributed by atoms with Crippen LogP contribution in [0.15, 0.2) is 48.5 Å². The molecule has 1 atom stereocenters. The van der Waals surface area contributed by atoms with Gasteiger partial charge in [0.05, 0.1) is 22.3 Å². The van der Waals surface area contributed by atoms with E-state index in [0.717, 1.165) is 49.1 Å². The van der Waals surface area contributed by atoms with Gasteiger partial charge in [-0.25, -0.2) is 4.98 Å². The van der Waals surface area contributed by atoms with Crippen LogP contribution >= 0.6 is 0 Å². The molecule has 2 heterocycles. The summed E-state index contributed by atoms with van der Waals surface area (Å²) in [6.07, 6.45) is 3.84. The Labute approximate surface area is 175 Å². The summed E-state index contributed by atoms with van der Waals surface area (Å²) in [5.74, 6) is 1.35. The summed E-state index contributed by atoms with van der Waals surface area (Å²) >= 11 is 0. The number of aromatic nitrogens is 2. The maximum Gasteiger partial charge on any atom is 0.255 e. The van der Waals surface area contributed by atoms with Gasteiger partial charge in [-0.1, -0.05) is 24.3 Å². The number of piperidine rings is 1. The van der Waals surface area contributed by atoms with Crippen molar-refractivity contribution < 1.29 is 9.59 Å². The van der Waals surface area contributed by atoms with Crippen LogP contribution in [0.2, 0.25) is 0 Å². The predicted molar refractivity (Wildman–Crippen MR) is 117 cm³/mol. The Hall–Kier alpha value is -3.15. The van der Waals surface area contributed by atoms with Crippen LogP contribution in [0.3, 0.4) is 0 Å². The Morgan fingerprint density at radius 1 is 1.07 bits per heavy atom. The number of aromatic amines is 1. The SMILES string of the molecule is CN(C(=O)C1CC1)c1ccccc1C(=O)N1CCCC(c2nc3ccccc3[nH]2)C1. The number of hydrogen-bond acceptors (Lipinski definition) is 3. The molecule has 1 saturated carbocycles. The molecule has 5 rings (SSSR count). The zero-order valence-electron chi connectivity index (χ0n) is 17.2. The van der Waals surface area contributed by atoms with Crippen molar-refractivity contribution in [3.63, 3.8) is 0 Å². The van der Waals surface area contributed by atoms with Crippen molar-refractivity contribution >= 4 is 28.5 Å². The maximum atomic E-state index is 13.4. The fourth-order valence-corrected chi connectivity index (χ4v) is 4.39. The lowest BCUT2D eigenvalue weighted by Crippen LogP contribution is -2.40. The number of nitrogens with zero attached hydrogens (tertiary/aromatic N) is 3. The monoisotopic (exact) mass is 402 g/mol. The molecule has 1 aliphatic heterocycles. The van der Waals surface area contributed by atoms with Crippen LogP contribution in [-0.4, -0.2) is 46.8 Å². The number of imidazole rings is 1. The molecular weight excluding hydrogens is 376 g/mol. The van der Waals surface area contributed by atoms with Gasteiger partial charge in [0.25, 0.3) is 5.91 Å². The Morgan fingerprint density at radius 3 is 2.63 bits per heavy atom. The van der Waals surface area contributed by atoms with Crippen LogP contribution in [0.4, 0.5) is 5.69 Å². The van der Waals surface area contributed by atoms with Crippen LogP contribution in [0, 0.1) is 5.92 Å². The average Bonchev–Trinajstić information content (AvgIpc) is 3.55. The van der Waals surface area contributed by atoms with E-state index in [0.29, 0.717) is 17.8 Å². The van der Waals surface area contributed by atoms with Gasteiger partial charge in [0.2, 0.25) is 5.91 Å². The number of rotatable bonds is 4. The minimum absolute atomic E-state index is 0.0122. The van der Waals surface area contributed by atoms with Crippen LogP contribution in [0.1, 0.15) is 47.8 Å². The molecule has 0 spiro atoms. The normalized spacial score (nSPS) is 19.1. The lowest BCUT2D eigenvalue weighted by Gasteiger charge is -2.33. The summed E-state index contributed by atoms with van der Waals surface area (Å²) in [5.41, 5.74) is 3.28. The average molecular weight is 402 g/mol. The third-order valence-corrected chi connectivity index (χ3v) is 6.26. The molecule has 154 valence electrons. The number of H-pyrrole nitrogens is 1. The van der Waals surface area contributed by atoms with Gasteiger partial charge in [-0.3, -0.25) is 9.59 Å². The van der Waals surface area contributed by atoms with E-state index in [1.165, 1.54) is 0 Å². The lowest BCUT2D eigenvalue weighted by atomic mass is 9.96. The zero-order valence-corrected chi connectivity index (χ0v) is 17.2. The van der Waals surface area contributed by atoms with Crippen molar-refractivity contribution in [3.05, 3.63) is 59.9 Å². The lowest BCUT2D eigenvalue weighted by molar-refractivity contribution is -0.119. The molecular formula is C24H26N4O2. The summed E-state index contributed by atoms with van der Waals surface area (Å²) in [5, 5.41) is 0. The number of amides is 2. The third-order valence-electron chi connectivity index (χ3n) is 6.26. The first-order valence-corrected chi connectivity index (χ1v) is 10.7. The van der Waals surface area contributed by atoms with Crippen molar-refractivity contribution in [1.29, 1.82) is 0 Å². The molecule has 0 radical (unpaired) electrons. The molecule has 1 saturated heterocycles. The van der Waals surface area contributed by atoms with Gasteiger partial charge >= 0.3 is 0 Å². The van der Waals surface area contributed by atoms with E-state index < -0.39 is 0 Å². The van der Waals surface area contributed by atoms with Gasteiger partial charge in [0.15, 0.2) is 0 Å². The number of anilines is 1. The van der Waals surface area contributed by atoms with E-state index in [-0.39, 0.29) is 23.7 Å². The Morgan fingerprint density at radius 2 is 1.83 bits per heavy atom. The number of fused-ring (bicyclic) bond motifs is 1. The van der Waals surface area contributed by atoms with Gasteiger partial charge < -0.3 is 14.8 Å². The van der Waals surface area contributed by atoms with Gasteiger partial charge in [-0.05, 0) is 49.9 Å². The number of hydrogen-bond donors (Lipinski definition) is 1. The number of para-hydroxylation sites is 3. The molecule has 6 nitrogen and oxygen atoms in total. The number of nitrogens with one attached hydrogen (secondary N) is 1. The van der Waals surface area contributed by atoms with Crippen molar-refractivity contribution in [2.24, 2.45) is 5.92 Å². The number of carbonyl (C=O) groups excluding carboxylic acids is 2. The molecule has 2 fully saturated rings. The topological polar surface area (TPSA) is 69.3 Å². The first-order chi connectivity index (χ1) is 14.6. The second-order valence-corrected chi connectivity index (χ2v) is 8.42. The molecule has 0 bridgehead atoms. The van der Waals surface area contributed by atoms with Crippen LogP contribution in [0.25, 0.3) is 11.0 Å². The molecule has 2 amide bonds. The fourth-order valence-electron chi connectivity index (χ4n) is 4.39. The van der Waals surface area contributed by atoms with E-state index in [4.69, 9.17) is 4.98 Å². The van der Waals surface area contributed by atoms with Crippen LogP contribution in [0.5, 0.6) is 0 Å². The molecule has 1 unspecified atom stereocenters. The Kier molecular flexibility index (Phi) is 4.77. The quantitative estimate of drug-likeness (QED) is 0.718. The second-order valence-electron chi connectivity index (χ2n) is 8.42. The first kappa shape index (κ1) is 18.9. The highest BCUT2D eigenvalue weighted by atomic mass is 16.2. The molecule has 30 heavy (non-hydrogen) atoms. The van der Waals surface area contributed by atoms with Crippen LogP contribution < -0.4 is 4.90 Å². The maximum absolute atomic E-state index is 13.4. The van der Waals surface area contributed by atoms with Gasteiger partial charge in [-0.15, -0.1) is 0 Å². The van der Waals surface area contributed by atoms with Gasteiger partial charge in [0, 0.05) is 32.0 Å². The smallest absolute Gasteiger partial charge is 0.255 e. The van der Waals surface area contributed by atoms with Crippen molar-refractivity contribution in [1.82, 2.24) is 14.9 Å². The van der Waals surface area contributed by atoms with Gasteiger partial charge in [-0.2, -0.15) is 0 Å². The second kappa shape index (κ2) is 7.59. The van der Waals surface area contributed by atoms with E-state index in [2.05, 4.69) is 4.98 Å². The fraction of sp³-hybridized carbons (Fsp3) is 0.375. The van der Waals surface area contributed by atoms with Gasteiger partial charge in [0.1, 0.15) is 5.82 Å². The van der Waals surface area contributed by atoms with E-state index in [1.807, 2.05) is 53.4 Å². The summed E-state index contributed by atoms with van der Waals surface area (Å²) in [6, 6.07) is 15.5. The standard InChI is InChI=1S/C24H26N4O2/c1-27(23(29)16-12-13-16)21-11-5-2-8-18(21)24(30)28-14-6-7-17(15-28)22-25-19-9-3-4-10-20(19)26-22/h2-5,8-11,16-17H,6-7,12-15H2,1H3,(H,25,26). The predicted octanol–water partition coefficient (Wildman–Crippen LogP) is 3.96. The largest absolute Gasteiger partial charge is 0.342 e. The first-order valence-electron chi connectivity index (χ1n) is 10.7.